The Balaban J connectivity index is 1.64. The highest BCUT2D eigenvalue weighted by atomic mass is 16.3. The molecule has 2 fully saturated rings. The van der Waals surface area contributed by atoms with Gasteiger partial charge in [0.25, 0.3) is 0 Å². The number of hydrogen-bond acceptors (Lipinski definition) is 3. The van der Waals surface area contributed by atoms with Crippen molar-refractivity contribution < 1.29 is 10.2 Å². The van der Waals surface area contributed by atoms with Crippen LogP contribution in [0, 0.1) is 23.2 Å². The topological polar surface area (TPSA) is 69.2 Å². The predicted molar refractivity (Wildman–Crippen MR) is 84.7 cm³/mol. The van der Waals surface area contributed by atoms with Crippen LogP contribution in [0.15, 0.2) is 24.3 Å². The standard InChI is InChI=1S/C19H18N2O2/c20-8-7-10-1-3-11(4-2-10)21-18(22)16-12-5-6-13(15-9-14(12)15)17(16)19(21)23/h1-4,12-15,22-23H,5-7,9H2/t12-,13+,14+,15-. The quantitative estimate of drug-likeness (QED) is 0.891. The maximum Gasteiger partial charge on any atom is 0.202 e. The summed E-state index contributed by atoms with van der Waals surface area (Å²) >= 11 is 0. The predicted octanol–water partition coefficient (Wildman–Crippen LogP) is 3.57. The zero-order valence-corrected chi connectivity index (χ0v) is 12.7. The molecule has 4 atom stereocenters. The van der Waals surface area contributed by atoms with E-state index in [-0.39, 0.29) is 11.8 Å². The molecule has 2 saturated carbocycles. The van der Waals surface area contributed by atoms with E-state index in [0.29, 0.717) is 18.3 Å². The van der Waals surface area contributed by atoms with Gasteiger partial charge in [-0.3, -0.25) is 4.57 Å². The number of hydrogen-bond donors (Lipinski definition) is 2. The van der Waals surface area contributed by atoms with Gasteiger partial charge in [-0.25, -0.2) is 0 Å². The van der Waals surface area contributed by atoms with Crippen LogP contribution in [0.5, 0.6) is 11.8 Å². The molecule has 1 aromatic carbocycles. The molecule has 4 aliphatic carbocycles. The van der Waals surface area contributed by atoms with Crippen LogP contribution in [-0.2, 0) is 6.42 Å². The van der Waals surface area contributed by atoms with Gasteiger partial charge in [0.05, 0.1) is 18.2 Å². The minimum atomic E-state index is 0.214. The van der Waals surface area contributed by atoms with Crippen LogP contribution in [0.2, 0.25) is 0 Å². The lowest BCUT2D eigenvalue weighted by molar-refractivity contribution is 0.322. The Hall–Kier alpha value is -2.41. The Labute approximate surface area is 134 Å². The van der Waals surface area contributed by atoms with Crippen molar-refractivity contribution in [2.24, 2.45) is 11.8 Å². The van der Waals surface area contributed by atoms with Crippen LogP contribution in [0.3, 0.4) is 0 Å². The fraction of sp³-hybridized carbons (Fsp3) is 0.421. The van der Waals surface area contributed by atoms with Gasteiger partial charge in [0.2, 0.25) is 11.8 Å². The molecule has 2 bridgehead atoms. The molecule has 4 nitrogen and oxygen atoms in total. The highest BCUT2D eigenvalue weighted by molar-refractivity contribution is 5.59. The van der Waals surface area contributed by atoms with Crippen molar-refractivity contribution in [3.05, 3.63) is 41.0 Å². The maximum absolute atomic E-state index is 10.8. The molecule has 0 spiro atoms. The van der Waals surface area contributed by atoms with E-state index in [4.69, 9.17) is 5.26 Å². The summed E-state index contributed by atoms with van der Waals surface area (Å²) in [4.78, 5) is 0. The summed E-state index contributed by atoms with van der Waals surface area (Å²) in [5.41, 5.74) is 3.69. The Bertz CT molecular complexity index is 804. The van der Waals surface area contributed by atoms with E-state index in [9.17, 15) is 10.2 Å². The van der Waals surface area contributed by atoms with Crippen molar-refractivity contribution in [2.45, 2.75) is 37.5 Å². The van der Waals surface area contributed by atoms with Crippen LogP contribution < -0.4 is 0 Å². The average Bonchev–Trinajstić information content (AvgIpc) is 3.34. The first-order valence-corrected chi connectivity index (χ1v) is 8.33. The lowest BCUT2D eigenvalue weighted by Crippen LogP contribution is -2.22. The van der Waals surface area contributed by atoms with Crippen molar-refractivity contribution in [1.29, 1.82) is 5.26 Å². The smallest absolute Gasteiger partial charge is 0.202 e. The molecule has 0 aliphatic heterocycles. The van der Waals surface area contributed by atoms with E-state index in [0.717, 1.165) is 47.1 Å². The molecule has 0 radical (unpaired) electrons. The molecule has 6 rings (SSSR count). The van der Waals surface area contributed by atoms with E-state index >= 15 is 0 Å². The largest absolute Gasteiger partial charge is 0.494 e. The second kappa shape index (κ2) is 4.32. The summed E-state index contributed by atoms with van der Waals surface area (Å²) in [6.45, 7) is 0. The molecular weight excluding hydrogens is 288 g/mol. The van der Waals surface area contributed by atoms with Crippen LogP contribution >= 0.6 is 0 Å². The summed E-state index contributed by atoms with van der Waals surface area (Å²) in [7, 11) is 0. The number of nitrogens with zero attached hydrogens (tertiary/aromatic N) is 2. The second-order valence-electron chi connectivity index (χ2n) is 7.17. The molecule has 0 unspecified atom stereocenters. The molecule has 2 N–H and O–H groups in total. The highest BCUT2D eigenvalue weighted by Gasteiger charge is 2.58. The van der Waals surface area contributed by atoms with Gasteiger partial charge >= 0.3 is 0 Å². The first-order chi connectivity index (χ1) is 11.2. The van der Waals surface area contributed by atoms with E-state index in [2.05, 4.69) is 6.07 Å². The third kappa shape index (κ3) is 1.60. The van der Waals surface area contributed by atoms with E-state index < -0.39 is 0 Å². The number of nitriles is 1. The van der Waals surface area contributed by atoms with Crippen LogP contribution in [0.4, 0.5) is 0 Å². The lowest BCUT2D eigenvalue weighted by Gasteiger charge is -2.35. The van der Waals surface area contributed by atoms with Crippen molar-refractivity contribution in [3.63, 3.8) is 0 Å². The molecule has 2 aromatic rings. The number of aromatic nitrogens is 1. The molecule has 1 aromatic heterocycles. The Morgan fingerprint density at radius 2 is 1.57 bits per heavy atom. The molecule has 4 aliphatic rings. The second-order valence-corrected chi connectivity index (χ2v) is 7.17. The number of rotatable bonds is 2. The van der Waals surface area contributed by atoms with Gasteiger partial charge in [-0.15, -0.1) is 0 Å². The minimum Gasteiger partial charge on any atom is -0.494 e. The zero-order valence-electron chi connectivity index (χ0n) is 12.7. The fourth-order valence-electron chi connectivity index (χ4n) is 5.08. The Morgan fingerprint density at radius 3 is 2.09 bits per heavy atom. The molecule has 116 valence electrons. The van der Waals surface area contributed by atoms with Crippen LogP contribution in [-0.4, -0.2) is 14.8 Å². The van der Waals surface area contributed by atoms with E-state index in [1.165, 1.54) is 6.42 Å². The number of fused-ring (bicyclic) bond motifs is 1. The van der Waals surface area contributed by atoms with Crippen molar-refractivity contribution in [2.75, 3.05) is 0 Å². The highest BCUT2D eigenvalue weighted by Crippen LogP contribution is 2.70. The molecule has 0 saturated heterocycles. The third-order valence-corrected chi connectivity index (χ3v) is 6.13. The number of aromatic hydroxyl groups is 2. The Kier molecular flexibility index (Phi) is 2.45. The van der Waals surface area contributed by atoms with Gasteiger partial charge < -0.3 is 10.2 Å². The van der Waals surface area contributed by atoms with Crippen LogP contribution in [0.1, 0.15) is 47.8 Å². The van der Waals surface area contributed by atoms with Crippen molar-refractivity contribution >= 4 is 0 Å². The van der Waals surface area contributed by atoms with Crippen molar-refractivity contribution in [1.82, 2.24) is 4.57 Å². The first-order valence-electron chi connectivity index (χ1n) is 8.33. The van der Waals surface area contributed by atoms with Gasteiger partial charge in [0.15, 0.2) is 0 Å². The lowest BCUT2D eigenvalue weighted by atomic mass is 9.68. The molecular formula is C19H18N2O2. The summed E-state index contributed by atoms with van der Waals surface area (Å²) < 4.78 is 1.58. The van der Waals surface area contributed by atoms with Gasteiger partial charge in [0.1, 0.15) is 0 Å². The third-order valence-electron chi connectivity index (χ3n) is 6.13. The van der Waals surface area contributed by atoms with E-state index in [1.54, 1.807) is 4.57 Å². The maximum atomic E-state index is 10.8. The van der Waals surface area contributed by atoms with Gasteiger partial charge in [0, 0.05) is 11.1 Å². The molecule has 0 amide bonds. The fourth-order valence-corrected chi connectivity index (χ4v) is 5.08. The van der Waals surface area contributed by atoms with Crippen molar-refractivity contribution in [3.8, 4) is 23.5 Å². The van der Waals surface area contributed by atoms with Gasteiger partial charge in [-0.05, 0) is 60.6 Å². The summed E-state index contributed by atoms with van der Waals surface area (Å²) in [5.74, 6) is 2.71. The average molecular weight is 306 g/mol. The number of benzene rings is 1. The Morgan fingerprint density at radius 1 is 1.00 bits per heavy atom. The zero-order chi connectivity index (χ0) is 15.7. The summed E-state index contributed by atoms with van der Waals surface area (Å²) in [6.07, 6.45) is 3.90. The summed E-state index contributed by atoms with van der Waals surface area (Å²) in [5, 5.41) is 30.3. The van der Waals surface area contributed by atoms with Gasteiger partial charge in [-0.1, -0.05) is 12.1 Å². The minimum absolute atomic E-state index is 0.214. The SMILES string of the molecule is N#CCc1ccc(-n2c(O)c3c(c2O)[C@@H]2CC[C@H]3[C@H]3C[C@H]32)cc1. The first kappa shape index (κ1) is 13.1. The van der Waals surface area contributed by atoms with Crippen LogP contribution in [0.25, 0.3) is 5.69 Å². The molecule has 4 heteroatoms. The normalized spacial score (nSPS) is 29.7. The molecule has 23 heavy (non-hydrogen) atoms. The monoisotopic (exact) mass is 306 g/mol. The molecule has 1 heterocycles. The van der Waals surface area contributed by atoms with E-state index in [1.807, 2.05) is 24.3 Å². The summed E-state index contributed by atoms with van der Waals surface area (Å²) in [6, 6.07) is 9.61. The van der Waals surface area contributed by atoms with Gasteiger partial charge in [-0.2, -0.15) is 5.26 Å².